The van der Waals surface area contributed by atoms with Crippen molar-refractivity contribution in [2.24, 2.45) is 20.5 Å². The normalized spacial score (nSPS) is 11.5. The molecule has 0 aliphatic rings. The van der Waals surface area contributed by atoms with Crippen LogP contribution in [0.1, 0.15) is 10.4 Å². The molecule has 0 saturated heterocycles. The molecule has 0 heterocycles. The molecule has 0 saturated carbocycles. The lowest BCUT2D eigenvalue weighted by Crippen LogP contribution is -2.19. The predicted molar refractivity (Wildman–Crippen MR) is 147 cm³/mol. The summed E-state index contributed by atoms with van der Waals surface area (Å²) in [6.07, 6.45) is 0. The average Bonchev–Trinajstić information content (AvgIpc) is 2.93. The van der Waals surface area contributed by atoms with E-state index in [0.29, 0.717) is 22.7 Å². The van der Waals surface area contributed by atoms with E-state index >= 15 is 0 Å². The molecule has 6 N–H and O–H groups in total. The van der Waals surface area contributed by atoms with Gasteiger partial charge in [-0.05, 0) is 84.9 Å². The smallest absolute Gasteiger partial charge is 0.339 e. The van der Waals surface area contributed by atoms with Crippen LogP contribution in [0.3, 0.4) is 0 Å². The largest absolute Gasteiger partial charge is 0.507 e. The van der Waals surface area contributed by atoms with Crippen molar-refractivity contribution in [1.29, 1.82) is 0 Å². The summed E-state index contributed by atoms with van der Waals surface area (Å²) in [6, 6.07) is 19.2. The van der Waals surface area contributed by atoms with Gasteiger partial charge in [-0.3, -0.25) is 4.55 Å². The van der Waals surface area contributed by atoms with Gasteiger partial charge in [0.1, 0.15) is 22.0 Å². The van der Waals surface area contributed by atoms with Crippen molar-refractivity contribution in [2.45, 2.75) is 4.90 Å². The zero-order chi connectivity index (χ0) is 29.6. The number of aromatic hydroxyl groups is 2. The lowest BCUT2D eigenvalue weighted by atomic mass is 10.2. The number of benzene rings is 4. The van der Waals surface area contributed by atoms with E-state index in [1.54, 1.807) is 48.5 Å². The number of anilines is 2. The number of aromatic carboxylic acids is 1. The van der Waals surface area contributed by atoms with Crippen molar-refractivity contribution in [3.05, 3.63) is 90.5 Å². The molecule has 0 spiro atoms. The molecule has 41 heavy (non-hydrogen) atoms. The van der Waals surface area contributed by atoms with Crippen LogP contribution in [0, 0.1) is 0 Å². The topological polar surface area (TPSA) is 223 Å². The number of carboxylic acid groups (broad SMARTS) is 1. The van der Waals surface area contributed by atoms with Gasteiger partial charge in [-0.15, -0.1) is 0 Å². The van der Waals surface area contributed by atoms with E-state index in [9.17, 15) is 28.2 Å². The molecule has 208 valence electrons. The molecule has 0 atom stereocenters. The zero-order valence-electron chi connectivity index (χ0n) is 20.7. The highest BCUT2D eigenvalue weighted by Gasteiger charge is 2.16. The third-order valence-electron chi connectivity index (χ3n) is 5.24. The number of hydrogen-bond donors (Lipinski definition) is 6. The number of nitrogens with zero attached hydrogens (tertiary/aromatic N) is 4. The number of urea groups is 1. The van der Waals surface area contributed by atoms with Crippen LogP contribution < -0.4 is 10.6 Å². The van der Waals surface area contributed by atoms with E-state index in [-0.39, 0.29) is 22.7 Å². The fourth-order valence-corrected chi connectivity index (χ4v) is 3.88. The molecule has 14 nitrogen and oxygen atoms in total. The number of carbonyl (C=O) groups is 2. The molecule has 0 aliphatic carbocycles. The first kappa shape index (κ1) is 28.3. The molecule has 0 radical (unpaired) electrons. The van der Waals surface area contributed by atoms with Crippen LogP contribution >= 0.6 is 0 Å². The Bertz CT molecular complexity index is 1770. The van der Waals surface area contributed by atoms with E-state index in [1.165, 1.54) is 24.3 Å². The Labute approximate surface area is 232 Å². The number of carboxylic acids is 1. The van der Waals surface area contributed by atoms with E-state index in [0.717, 1.165) is 12.1 Å². The predicted octanol–water partition coefficient (Wildman–Crippen LogP) is 6.52. The van der Waals surface area contributed by atoms with Crippen molar-refractivity contribution in [2.75, 3.05) is 10.6 Å². The number of rotatable bonds is 8. The molecule has 4 rings (SSSR count). The molecule has 0 aliphatic heterocycles. The van der Waals surface area contributed by atoms with Crippen molar-refractivity contribution in [3.63, 3.8) is 0 Å². The average molecular weight is 577 g/mol. The van der Waals surface area contributed by atoms with Crippen molar-refractivity contribution in [3.8, 4) is 11.5 Å². The van der Waals surface area contributed by atoms with Gasteiger partial charge in [-0.2, -0.15) is 28.9 Å². The molecular formula is C26H20N6O8S. The lowest BCUT2D eigenvalue weighted by Gasteiger charge is -2.08. The first-order valence-electron chi connectivity index (χ1n) is 11.5. The first-order valence-corrected chi connectivity index (χ1v) is 12.9. The zero-order valence-corrected chi connectivity index (χ0v) is 21.5. The Morgan fingerprint density at radius 2 is 1.02 bits per heavy atom. The molecule has 15 heteroatoms. The first-order chi connectivity index (χ1) is 19.5. The van der Waals surface area contributed by atoms with E-state index < -0.39 is 32.8 Å². The number of hydrogen-bond acceptors (Lipinski definition) is 10. The summed E-state index contributed by atoms with van der Waals surface area (Å²) in [4.78, 5) is 22.8. The highest BCUT2D eigenvalue weighted by Crippen LogP contribution is 2.29. The van der Waals surface area contributed by atoms with Crippen LogP contribution in [0.15, 0.2) is 110 Å². The second kappa shape index (κ2) is 12.0. The Morgan fingerprint density at radius 3 is 1.49 bits per heavy atom. The number of phenols is 2. The van der Waals surface area contributed by atoms with Gasteiger partial charge in [0.2, 0.25) is 0 Å². The standard InChI is InChI=1S/C26H20N6O8S/c33-22-11-9-19(13-21(22)25(35)36)31-29-17-5-1-15(2-6-17)27-26(37)28-16-3-7-18(8-4-16)30-32-20-10-12-23(34)24(14-20)41(38,39)40/h1-14,33-34H,(H,35,36)(H2,27,28,37)(H,38,39,40). The van der Waals surface area contributed by atoms with Crippen molar-refractivity contribution < 1.29 is 37.9 Å². The molecule has 0 fully saturated rings. The van der Waals surface area contributed by atoms with Gasteiger partial charge in [0.25, 0.3) is 10.1 Å². The fraction of sp³-hybridized carbons (Fsp3) is 0. The number of amides is 2. The maximum absolute atomic E-state index is 12.4. The molecule has 0 aromatic heterocycles. The quantitative estimate of drug-likeness (QED) is 0.0998. The van der Waals surface area contributed by atoms with E-state index in [2.05, 4.69) is 31.1 Å². The van der Waals surface area contributed by atoms with E-state index in [1.807, 2.05) is 0 Å². The minimum Gasteiger partial charge on any atom is -0.507 e. The van der Waals surface area contributed by atoms with Crippen molar-refractivity contribution >= 4 is 56.2 Å². The summed E-state index contributed by atoms with van der Waals surface area (Å²) < 4.78 is 31.7. The summed E-state index contributed by atoms with van der Waals surface area (Å²) in [6.45, 7) is 0. The van der Waals surface area contributed by atoms with Gasteiger partial charge in [-0.25, -0.2) is 9.59 Å². The highest BCUT2D eigenvalue weighted by atomic mass is 32.2. The monoisotopic (exact) mass is 576 g/mol. The van der Waals surface area contributed by atoms with Gasteiger partial charge in [0, 0.05) is 11.4 Å². The molecular weight excluding hydrogens is 556 g/mol. The molecule has 0 unspecified atom stereocenters. The molecule has 2 amide bonds. The van der Waals surface area contributed by atoms with Crippen LogP contribution in [-0.2, 0) is 10.1 Å². The summed E-state index contributed by atoms with van der Waals surface area (Å²) in [5.41, 5.74) is 1.75. The highest BCUT2D eigenvalue weighted by molar-refractivity contribution is 7.86. The Balaban J connectivity index is 1.32. The maximum atomic E-state index is 12.4. The van der Waals surface area contributed by atoms with Crippen LogP contribution in [0.4, 0.5) is 38.9 Å². The Hall–Kier alpha value is -5.67. The second-order valence-electron chi connectivity index (χ2n) is 8.21. The third kappa shape index (κ3) is 7.69. The fourth-order valence-electron chi connectivity index (χ4n) is 3.28. The van der Waals surface area contributed by atoms with E-state index in [4.69, 9.17) is 9.66 Å². The van der Waals surface area contributed by atoms with Crippen LogP contribution in [0.25, 0.3) is 0 Å². The van der Waals surface area contributed by atoms with Crippen molar-refractivity contribution in [1.82, 2.24) is 0 Å². The van der Waals surface area contributed by atoms with Gasteiger partial charge >= 0.3 is 12.0 Å². The summed E-state index contributed by atoms with van der Waals surface area (Å²) in [5.74, 6) is -2.29. The molecule has 4 aromatic rings. The lowest BCUT2D eigenvalue weighted by molar-refractivity contribution is 0.0693. The molecule has 4 aromatic carbocycles. The van der Waals surface area contributed by atoms with Gasteiger partial charge in [-0.1, -0.05) is 0 Å². The van der Waals surface area contributed by atoms with Gasteiger partial charge in [0.05, 0.1) is 22.7 Å². The third-order valence-corrected chi connectivity index (χ3v) is 6.13. The maximum Gasteiger partial charge on any atom is 0.339 e. The number of phenolic OH excluding ortho intramolecular Hbond substituents is 1. The summed E-state index contributed by atoms with van der Waals surface area (Å²) in [5, 5.41) is 49.3. The van der Waals surface area contributed by atoms with Gasteiger partial charge in [0.15, 0.2) is 0 Å². The Morgan fingerprint density at radius 1 is 0.610 bits per heavy atom. The summed E-state index contributed by atoms with van der Waals surface area (Å²) >= 11 is 0. The number of carbonyl (C=O) groups excluding carboxylic acids is 1. The van der Waals surface area contributed by atoms with Crippen LogP contribution in [0.2, 0.25) is 0 Å². The van der Waals surface area contributed by atoms with Gasteiger partial charge < -0.3 is 26.0 Å². The molecule has 0 bridgehead atoms. The number of nitrogens with one attached hydrogen (secondary N) is 2. The second-order valence-corrected chi connectivity index (χ2v) is 9.60. The van der Waals surface area contributed by atoms with Crippen LogP contribution in [-0.4, -0.2) is 40.3 Å². The summed E-state index contributed by atoms with van der Waals surface area (Å²) in [7, 11) is -4.63. The van der Waals surface area contributed by atoms with Crippen LogP contribution in [0.5, 0.6) is 11.5 Å². The minimum absolute atomic E-state index is 0.0807. The minimum atomic E-state index is -4.63. The Kier molecular flexibility index (Phi) is 8.31. The SMILES string of the molecule is O=C(Nc1ccc(N=Nc2ccc(O)c(C(=O)O)c2)cc1)Nc1ccc(N=Nc2ccc(O)c(S(=O)(=O)O)c2)cc1. The number of azo groups is 2.